The third-order valence-electron chi connectivity index (χ3n) is 3.07. The van der Waals surface area contributed by atoms with Gasteiger partial charge >= 0.3 is 0 Å². The summed E-state index contributed by atoms with van der Waals surface area (Å²) >= 11 is 0. The van der Waals surface area contributed by atoms with Crippen molar-refractivity contribution < 1.29 is 9.13 Å². The predicted octanol–water partition coefficient (Wildman–Crippen LogP) is 1.99. The Bertz CT molecular complexity index is 477. The number of nitrogens with zero attached hydrogens (tertiary/aromatic N) is 1. The molecule has 0 bridgehead atoms. The highest BCUT2D eigenvalue weighted by Gasteiger charge is 2.12. The van der Waals surface area contributed by atoms with Gasteiger partial charge in [0.2, 0.25) is 0 Å². The van der Waals surface area contributed by atoms with Crippen LogP contribution in [0.1, 0.15) is 25.0 Å². The molecule has 0 saturated carbocycles. The Balaban J connectivity index is 2.80. The van der Waals surface area contributed by atoms with E-state index < -0.39 is 0 Å². The second-order valence-electron chi connectivity index (χ2n) is 4.87. The van der Waals surface area contributed by atoms with E-state index in [9.17, 15) is 4.39 Å². The number of hydrogen-bond acceptors (Lipinski definition) is 3. The first-order valence-corrected chi connectivity index (χ1v) is 6.78. The summed E-state index contributed by atoms with van der Waals surface area (Å²) in [5, 5.41) is 0. The number of rotatable bonds is 6. The van der Waals surface area contributed by atoms with Crippen molar-refractivity contribution in [2.24, 2.45) is 5.73 Å². The third kappa shape index (κ3) is 5.30. The Kier molecular flexibility index (Phi) is 7.24. The van der Waals surface area contributed by atoms with Crippen molar-refractivity contribution in [1.29, 1.82) is 0 Å². The van der Waals surface area contributed by atoms with E-state index in [1.807, 2.05) is 6.07 Å². The molecule has 0 spiro atoms. The zero-order valence-electron chi connectivity index (χ0n) is 12.4. The van der Waals surface area contributed by atoms with Gasteiger partial charge in [-0.3, -0.25) is 4.90 Å². The van der Waals surface area contributed by atoms with E-state index in [-0.39, 0.29) is 12.4 Å². The van der Waals surface area contributed by atoms with Crippen LogP contribution in [0, 0.1) is 17.7 Å². The molecule has 0 radical (unpaired) electrons. The maximum atomic E-state index is 14.1. The molecule has 0 heterocycles. The number of halogens is 1. The fraction of sp³-hybridized carbons (Fsp3) is 0.500. The van der Waals surface area contributed by atoms with Crippen LogP contribution in [0.4, 0.5) is 4.39 Å². The molecule has 1 rings (SSSR count). The van der Waals surface area contributed by atoms with Crippen LogP contribution < -0.4 is 5.73 Å². The molecule has 2 N–H and O–H groups in total. The Labute approximate surface area is 120 Å². The topological polar surface area (TPSA) is 38.5 Å². The second kappa shape index (κ2) is 8.70. The van der Waals surface area contributed by atoms with E-state index in [0.717, 1.165) is 6.54 Å². The van der Waals surface area contributed by atoms with Crippen molar-refractivity contribution in [3.05, 3.63) is 35.1 Å². The van der Waals surface area contributed by atoms with Gasteiger partial charge in [0.05, 0.1) is 13.2 Å². The van der Waals surface area contributed by atoms with Gasteiger partial charge in [0.1, 0.15) is 5.82 Å². The largest absolute Gasteiger partial charge is 0.383 e. The van der Waals surface area contributed by atoms with Crippen molar-refractivity contribution in [3.8, 4) is 11.8 Å². The normalized spacial score (nSPS) is 10.8. The molecule has 0 unspecified atom stereocenters. The summed E-state index contributed by atoms with van der Waals surface area (Å²) in [6, 6.07) is 5.42. The lowest BCUT2D eigenvalue weighted by atomic mass is 10.1. The summed E-state index contributed by atoms with van der Waals surface area (Å²) < 4.78 is 19.2. The van der Waals surface area contributed by atoms with Gasteiger partial charge in [0.25, 0.3) is 0 Å². The predicted molar refractivity (Wildman–Crippen MR) is 79.8 cm³/mol. The number of ether oxygens (including phenoxy) is 1. The molecular weight excluding hydrogens is 255 g/mol. The molecule has 0 aromatic heterocycles. The van der Waals surface area contributed by atoms with Gasteiger partial charge in [-0.05, 0) is 26.0 Å². The van der Waals surface area contributed by atoms with Crippen molar-refractivity contribution in [1.82, 2.24) is 4.90 Å². The van der Waals surface area contributed by atoms with Crippen LogP contribution >= 0.6 is 0 Å². The number of hydrogen-bond donors (Lipinski definition) is 1. The fourth-order valence-corrected chi connectivity index (χ4v) is 1.85. The molecule has 0 fully saturated rings. The summed E-state index contributed by atoms with van der Waals surface area (Å²) in [4.78, 5) is 2.17. The number of benzene rings is 1. The minimum atomic E-state index is -0.225. The van der Waals surface area contributed by atoms with Crippen LogP contribution in [0.25, 0.3) is 0 Å². The van der Waals surface area contributed by atoms with Gasteiger partial charge in [-0.25, -0.2) is 4.39 Å². The average Bonchev–Trinajstić information content (AvgIpc) is 2.42. The van der Waals surface area contributed by atoms with E-state index in [1.165, 1.54) is 6.07 Å². The van der Waals surface area contributed by atoms with Gasteiger partial charge < -0.3 is 10.5 Å². The SMILES string of the molecule is COCCN(Cc1ccc(C#CCN)cc1F)C(C)C. The van der Waals surface area contributed by atoms with Gasteiger partial charge in [0.15, 0.2) is 0 Å². The zero-order valence-corrected chi connectivity index (χ0v) is 12.4. The molecule has 110 valence electrons. The molecule has 4 heteroatoms. The van der Waals surface area contributed by atoms with Gasteiger partial charge in [-0.15, -0.1) is 0 Å². The minimum absolute atomic E-state index is 0.225. The molecule has 0 saturated heterocycles. The highest BCUT2D eigenvalue weighted by atomic mass is 19.1. The summed E-state index contributed by atoms with van der Waals surface area (Å²) in [6.07, 6.45) is 0. The lowest BCUT2D eigenvalue weighted by Crippen LogP contribution is -2.33. The van der Waals surface area contributed by atoms with Crippen LogP contribution in [0.3, 0.4) is 0 Å². The van der Waals surface area contributed by atoms with Crippen molar-refractivity contribution >= 4 is 0 Å². The lowest BCUT2D eigenvalue weighted by Gasteiger charge is -2.26. The van der Waals surface area contributed by atoms with E-state index in [2.05, 4.69) is 30.6 Å². The molecule has 0 aliphatic rings. The molecule has 1 aromatic carbocycles. The third-order valence-corrected chi connectivity index (χ3v) is 3.07. The Morgan fingerprint density at radius 2 is 2.15 bits per heavy atom. The summed E-state index contributed by atoms with van der Waals surface area (Å²) in [6.45, 7) is 6.45. The minimum Gasteiger partial charge on any atom is -0.383 e. The van der Waals surface area contributed by atoms with Crippen molar-refractivity contribution in [2.75, 3.05) is 26.8 Å². The number of nitrogens with two attached hydrogens (primary N) is 1. The van der Waals surface area contributed by atoms with E-state index >= 15 is 0 Å². The fourth-order valence-electron chi connectivity index (χ4n) is 1.85. The highest BCUT2D eigenvalue weighted by Crippen LogP contribution is 2.14. The van der Waals surface area contributed by atoms with Crippen LogP contribution in [0.5, 0.6) is 0 Å². The quantitative estimate of drug-likeness (QED) is 0.809. The summed E-state index contributed by atoms with van der Waals surface area (Å²) in [7, 11) is 1.67. The maximum absolute atomic E-state index is 14.1. The maximum Gasteiger partial charge on any atom is 0.128 e. The Morgan fingerprint density at radius 3 is 2.70 bits per heavy atom. The molecule has 1 aromatic rings. The van der Waals surface area contributed by atoms with E-state index in [4.69, 9.17) is 10.5 Å². The second-order valence-corrected chi connectivity index (χ2v) is 4.87. The first-order valence-electron chi connectivity index (χ1n) is 6.78. The highest BCUT2D eigenvalue weighted by molar-refractivity contribution is 5.37. The monoisotopic (exact) mass is 278 g/mol. The van der Waals surface area contributed by atoms with E-state index in [0.29, 0.717) is 30.3 Å². The smallest absolute Gasteiger partial charge is 0.128 e. The van der Waals surface area contributed by atoms with Crippen LogP contribution in [-0.2, 0) is 11.3 Å². The van der Waals surface area contributed by atoms with Crippen LogP contribution in [0.15, 0.2) is 18.2 Å². The molecule has 20 heavy (non-hydrogen) atoms. The Morgan fingerprint density at radius 1 is 1.40 bits per heavy atom. The van der Waals surface area contributed by atoms with Crippen molar-refractivity contribution in [2.45, 2.75) is 26.4 Å². The number of methoxy groups -OCH3 is 1. The first-order chi connectivity index (χ1) is 9.58. The van der Waals surface area contributed by atoms with Gasteiger partial charge in [-0.1, -0.05) is 17.9 Å². The zero-order chi connectivity index (χ0) is 15.0. The Hall–Kier alpha value is -1.41. The molecule has 0 aliphatic heterocycles. The first kappa shape index (κ1) is 16.6. The molecule has 3 nitrogen and oxygen atoms in total. The lowest BCUT2D eigenvalue weighted by molar-refractivity contribution is 0.124. The molecular formula is C16H23FN2O. The van der Waals surface area contributed by atoms with Crippen LogP contribution in [0.2, 0.25) is 0 Å². The molecule has 0 atom stereocenters. The van der Waals surface area contributed by atoms with Crippen LogP contribution in [-0.4, -0.2) is 37.7 Å². The molecule has 0 amide bonds. The van der Waals surface area contributed by atoms with E-state index in [1.54, 1.807) is 13.2 Å². The van der Waals surface area contributed by atoms with Gasteiger partial charge in [-0.2, -0.15) is 0 Å². The van der Waals surface area contributed by atoms with Crippen molar-refractivity contribution in [3.63, 3.8) is 0 Å². The standard InChI is InChI=1S/C16H23FN2O/c1-13(2)19(9-10-20-3)12-15-7-6-14(5-4-8-18)11-16(15)17/h6-7,11,13H,8-10,12,18H2,1-3H3. The molecule has 0 aliphatic carbocycles. The van der Waals surface area contributed by atoms with Gasteiger partial charge in [0, 0.05) is 37.4 Å². The summed E-state index contributed by atoms with van der Waals surface area (Å²) in [5.74, 6) is 5.33. The summed E-state index contributed by atoms with van der Waals surface area (Å²) in [5.41, 5.74) is 6.64. The average molecular weight is 278 g/mol.